The quantitative estimate of drug-likeness (QED) is 0.517. The van der Waals surface area contributed by atoms with Crippen molar-refractivity contribution in [1.29, 1.82) is 0 Å². The number of benzene rings is 1. The van der Waals surface area contributed by atoms with Gasteiger partial charge in [0, 0.05) is 0 Å². The zero-order valence-electron chi connectivity index (χ0n) is 9.46. The maximum absolute atomic E-state index is 10.6. The smallest absolute Gasteiger partial charge is 0.153 e. The Bertz CT molecular complexity index is 351. The molecule has 5 heteroatoms. The lowest BCUT2D eigenvalue weighted by Gasteiger charge is -2.06. The molecule has 0 saturated carbocycles. The number of carbonyl (C=O) groups is 1. The van der Waals surface area contributed by atoms with Crippen LogP contribution < -0.4 is 0 Å². The number of phenolic OH excluding ortho intramolecular Hbond substituents is 1. The SMILES string of the molecule is O=Cc1cc(COCCOCCO)ccc1O. The molecular weight excluding hydrogens is 224 g/mol. The molecule has 0 atom stereocenters. The van der Waals surface area contributed by atoms with Crippen molar-refractivity contribution in [3.8, 4) is 5.75 Å². The molecule has 0 aromatic heterocycles. The predicted octanol–water partition coefficient (Wildman–Crippen LogP) is 0.730. The molecule has 5 nitrogen and oxygen atoms in total. The number of carbonyl (C=O) groups excluding carboxylic acids is 1. The van der Waals surface area contributed by atoms with Gasteiger partial charge in [-0.3, -0.25) is 4.79 Å². The van der Waals surface area contributed by atoms with E-state index in [2.05, 4.69) is 0 Å². The van der Waals surface area contributed by atoms with Crippen LogP contribution in [0.4, 0.5) is 0 Å². The molecule has 94 valence electrons. The fraction of sp³-hybridized carbons (Fsp3) is 0.417. The van der Waals surface area contributed by atoms with Crippen molar-refractivity contribution in [2.45, 2.75) is 6.61 Å². The van der Waals surface area contributed by atoms with Gasteiger partial charge in [0.2, 0.25) is 0 Å². The summed E-state index contributed by atoms with van der Waals surface area (Å²) in [7, 11) is 0. The lowest BCUT2D eigenvalue weighted by Crippen LogP contribution is -2.07. The summed E-state index contributed by atoms with van der Waals surface area (Å²) in [5, 5.41) is 17.7. The number of ether oxygens (including phenoxy) is 2. The highest BCUT2D eigenvalue weighted by Crippen LogP contribution is 2.16. The summed E-state index contributed by atoms with van der Waals surface area (Å²) in [4.78, 5) is 10.6. The first kappa shape index (κ1) is 13.6. The van der Waals surface area contributed by atoms with Crippen LogP contribution in [0.1, 0.15) is 15.9 Å². The van der Waals surface area contributed by atoms with E-state index < -0.39 is 0 Å². The fourth-order valence-corrected chi connectivity index (χ4v) is 1.26. The Morgan fingerprint density at radius 1 is 1.18 bits per heavy atom. The molecule has 0 bridgehead atoms. The minimum atomic E-state index is -0.0324. The van der Waals surface area contributed by atoms with Crippen LogP contribution in [0.25, 0.3) is 0 Å². The second-order valence-corrected chi connectivity index (χ2v) is 3.40. The average molecular weight is 240 g/mol. The minimum absolute atomic E-state index is 0.000652. The van der Waals surface area contributed by atoms with Gasteiger partial charge in [0.15, 0.2) is 6.29 Å². The summed E-state index contributed by atoms with van der Waals surface area (Å²) in [5.74, 6) is -0.0324. The summed E-state index contributed by atoms with van der Waals surface area (Å²) in [6.45, 7) is 1.48. The van der Waals surface area contributed by atoms with Crippen molar-refractivity contribution >= 4 is 6.29 Å². The number of hydrogen-bond donors (Lipinski definition) is 2. The zero-order valence-corrected chi connectivity index (χ0v) is 9.46. The van der Waals surface area contributed by atoms with Crippen molar-refractivity contribution in [3.63, 3.8) is 0 Å². The number of hydrogen-bond acceptors (Lipinski definition) is 5. The third-order valence-electron chi connectivity index (χ3n) is 2.10. The van der Waals surface area contributed by atoms with E-state index in [4.69, 9.17) is 14.6 Å². The largest absolute Gasteiger partial charge is 0.507 e. The molecule has 0 aliphatic heterocycles. The van der Waals surface area contributed by atoms with E-state index in [1.165, 1.54) is 6.07 Å². The number of aliphatic hydroxyl groups excluding tert-OH is 1. The van der Waals surface area contributed by atoms with Crippen molar-refractivity contribution in [2.75, 3.05) is 26.4 Å². The van der Waals surface area contributed by atoms with Crippen LogP contribution in [0.5, 0.6) is 5.75 Å². The monoisotopic (exact) mass is 240 g/mol. The van der Waals surface area contributed by atoms with E-state index in [0.717, 1.165) is 5.56 Å². The molecule has 0 amide bonds. The van der Waals surface area contributed by atoms with Crippen LogP contribution in [0.3, 0.4) is 0 Å². The van der Waals surface area contributed by atoms with Crippen molar-refractivity contribution < 1.29 is 24.5 Å². The highest BCUT2D eigenvalue weighted by atomic mass is 16.5. The molecule has 2 N–H and O–H groups in total. The Morgan fingerprint density at radius 3 is 2.65 bits per heavy atom. The summed E-state index contributed by atoms with van der Waals surface area (Å²) in [6, 6.07) is 4.73. The van der Waals surface area contributed by atoms with Gasteiger partial charge in [-0.1, -0.05) is 6.07 Å². The highest BCUT2D eigenvalue weighted by molar-refractivity contribution is 5.79. The van der Waals surface area contributed by atoms with Crippen LogP contribution in [0.2, 0.25) is 0 Å². The molecule has 0 heterocycles. The summed E-state index contributed by atoms with van der Waals surface area (Å²) in [5.41, 5.74) is 1.06. The van der Waals surface area contributed by atoms with Gasteiger partial charge in [-0.15, -0.1) is 0 Å². The van der Waals surface area contributed by atoms with Gasteiger partial charge >= 0.3 is 0 Å². The molecule has 0 fully saturated rings. The standard InChI is InChI=1S/C12H16O5/c13-3-4-16-5-6-17-9-10-1-2-12(15)11(7-10)8-14/h1-2,7-8,13,15H,3-6,9H2. The molecule has 0 aliphatic rings. The van der Waals surface area contributed by atoms with E-state index in [1.807, 2.05) is 0 Å². The maximum atomic E-state index is 10.6. The second-order valence-electron chi connectivity index (χ2n) is 3.40. The lowest BCUT2D eigenvalue weighted by atomic mass is 10.1. The second kappa shape index (κ2) is 7.78. The van der Waals surface area contributed by atoms with Crippen LogP contribution in [-0.4, -0.2) is 42.9 Å². The summed E-state index contributed by atoms with van der Waals surface area (Å²) in [6.07, 6.45) is 0.600. The number of aromatic hydroxyl groups is 1. The van der Waals surface area contributed by atoms with Crippen LogP contribution in [0.15, 0.2) is 18.2 Å². The Balaban J connectivity index is 2.29. The predicted molar refractivity (Wildman–Crippen MR) is 61.1 cm³/mol. The summed E-state index contributed by atoms with van der Waals surface area (Å²) < 4.78 is 10.3. The van der Waals surface area contributed by atoms with Gasteiger partial charge in [0.25, 0.3) is 0 Å². The maximum Gasteiger partial charge on any atom is 0.153 e. The Kier molecular flexibility index (Phi) is 6.24. The number of rotatable bonds is 8. The normalized spacial score (nSPS) is 10.4. The Hall–Kier alpha value is -1.43. The van der Waals surface area contributed by atoms with Gasteiger partial charge in [0.05, 0.1) is 38.6 Å². The van der Waals surface area contributed by atoms with E-state index in [1.54, 1.807) is 12.1 Å². The molecule has 17 heavy (non-hydrogen) atoms. The van der Waals surface area contributed by atoms with E-state index in [9.17, 15) is 9.90 Å². The number of aldehydes is 1. The molecule has 0 saturated heterocycles. The van der Waals surface area contributed by atoms with E-state index in [0.29, 0.717) is 32.7 Å². The minimum Gasteiger partial charge on any atom is -0.507 e. The van der Waals surface area contributed by atoms with Gasteiger partial charge in [-0.2, -0.15) is 0 Å². The number of phenols is 1. The van der Waals surface area contributed by atoms with Gasteiger partial charge in [-0.25, -0.2) is 0 Å². The van der Waals surface area contributed by atoms with Crippen molar-refractivity contribution in [3.05, 3.63) is 29.3 Å². The third-order valence-corrected chi connectivity index (χ3v) is 2.10. The first-order chi connectivity index (χ1) is 8.27. The third kappa shape index (κ3) is 4.95. The van der Waals surface area contributed by atoms with Crippen LogP contribution in [0, 0.1) is 0 Å². The van der Waals surface area contributed by atoms with E-state index in [-0.39, 0.29) is 17.9 Å². The van der Waals surface area contributed by atoms with Gasteiger partial charge < -0.3 is 19.7 Å². The first-order valence-corrected chi connectivity index (χ1v) is 5.31. The molecule has 1 aromatic carbocycles. The molecule has 1 aromatic rings. The van der Waals surface area contributed by atoms with E-state index >= 15 is 0 Å². The highest BCUT2D eigenvalue weighted by Gasteiger charge is 2.01. The van der Waals surface area contributed by atoms with Gasteiger partial charge in [0.1, 0.15) is 5.75 Å². The van der Waals surface area contributed by atoms with Crippen molar-refractivity contribution in [2.24, 2.45) is 0 Å². The van der Waals surface area contributed by atoms with Crippen molar-refractivity contribution in [1.82, 2.24) is 0 Å². The molecular formula is C12H16O5. The summed E-state index contributed by atoms with van der Waals surface area (Å²) >= 11 is 0. The topological polar surface area (TPSA) is 76.0 Å². The molecule has 0 spiro atoms. The van der Waals surface area contributed by atoms with Gasteiger partial charge in [-0.05, 0) is 17.7 Å². The number of aliphatic hydroxyl groups is 1. The molecule has 0 unspecified atom stereocenters. The molecule has 0 radical (unpaired) electrons. The van der Waals surface area contributed by atoms with Crippen LogP contribution in [-0.2, 0) is 16.1 Å². The molecule has 1 rings (SSSR count). The first-order valence-electron chi connectivity index (χ1n) is 5.31. The average Bonchev–Trinajstić information content (AvgIpc) is 2.35. The zero-order chi connectivity index (χ0) is 12.5. The molecule has 0 aliphatic carbocycles. The van der Waals surface area contributed by atoms with Crippen LogP contribution >= 0.6 is 0 Å². The Morgan fingerprint density at radius 2 is 1.94 bits per heavy atom. The lowest BCUT2D eigenvalue weighted by molar-refractivity contribution is 0.0274. The Labute approximate surface area is 99.6 Å². The fourth-order valence-electron chi connectivity index (χ4n) is 1.26.